The zero-order chi connectivity index (χ0) is 12.7. The highest BCUT2D eigenvalue weighted by Crippen LogP contribution is 2.12. The van der Waals surface area contributed by atoms with E-state index in [1.54, 1.807) is 0 Å². The number of allylic oxidation sites excluding steroid dienone is 2. The van der Waals surface area contributed by atoms with E-state index in [0.29, 0.717) is 18.1 Å². The topological polar surface area (TPSA) is 32.7 Å². The lowest BCUT2D eigenvalue weighted by Gasteiger charge is -2.14. The summed E-state index contributed by atoms with van der Waals surface area (Å²) in [6.45, 7) is 6.49. The molecule has 1 aliphatic rings. The van der Waals surface area contributed by atoms with Crippen molar-refractivity contribution in [3.8, 4) is 0 Å². The Morgan fingerprint density at radius 3 is 2.59 bits per heavy atom. The Balaban J connectivity index is 2.34. The Hall–Kier alpha value is -0.830. The van der Waals surface area contributed by atoms with Crippen LogP contribution in [0.15, 0.2) is 16.6 Å². The molecule has 1 aliphatic heterocycles. The van der Waals surface area contributed by atoms with E-state index in [-0.39, 0.29) is 5.91 Å². The molecule has 1 rings (SSSR count). The van der Waals surface area contributed by atoms with Crippen LogP contribution in [-0.4, -0.2) is 35.6 Å². The summed E-state index contributed by atoms with van der Waals surface area (Å²) in [5.74, 6) is 0.263. The largest absolute Gasteiger partial charge is 0.343 e. The molecular formula is C13H21ClN2O. The maximum Gasteiger partial charge on any atom is 0.222 e. The van der Waals surface area contributed by atoms with Crippen molar-refractivity contribution in [2.45, 2.75) is 39.5 Å². The summed E-state index contributed by atoms with van der Waals surface area (Å²) in [5.41, 5.74) is 1.11. The number of hydrogen-bond donors (Lipinski definition) is 0. The van der Waals surface area contributed by atoms with Crippen molar-refractivity contribution in [2.75, 3.05) is 19.6 Å². The van der Waals surface area contributed by atoms with Crippen molar-refractivity contribution in [1.29, 1.82) is 0 Å². The van der Waals surface area contributed by atoms with Gasteiger partial charge in [-0.05, 0) is 39.2 Å². The third-order valence-corrected chi connectivity index (χ3v) is 3.10. The number of hydrogen-bond acceptors (Lipinski definition) is 2. The number of aliphatic imine (C=N–C) groups is 1. The molecule has 0 bridgehead atoms. The molecule has 0 unspecified atom stereocenters. The number of halogens is 1. The minimum Gasteiger partial charge on any atom is -0.343 e. The molecule has 0 aromatic carbocycles. The highest BCUT2D eigenvalue weighted by atomic mass is 35.5. The van der Waals surface area contributed by atoms with Crippen molar-refractivity contribution in [3.63, 3.8) is 0 Å². The van der Waals surface area contributed by atoms with Gasteiger partial charge in [-0.1, -0.05) is 17.2 Å². The SMILES string of the molecule is CC/N=C(Cl)\C=C(/C)CCC(=O)N1CCCC1. The Labute approximate surface area is 109 Å². The fourth-order valence-electron chi connectivity index (χ4n) is 1.90. The quantitative estimate of drug-likeness (QED) is 0.696. The summed E-state index contributed by atoms with van der Waals surface area (Å²) in [5, 5.41) is 0.527. The van der Waals surface area contributed by atoms with Gasteiger partial charge in [0.2, 0.25) is 5.91 Å². The highest BCUT2D eigenvalue weighted by molar-refractivity contribution is 6.68. The van der Waals surface area contributed by atoms with Crippen molar-refractivity contribution in [1.82, 2.24) is 4.90 Å². The molecule has 96 valence electrons. The molecule has 0 saturated carbocycles. The fraction of sp³-hybridized carbons (Fsp3) is 0.692. The second-order valence-electron chi connectivity index (χ2n) is 4.38. The maximum atomic E-state index is 11.8. The summed E-state index contributed by atoms with van der Waals surface area (Å²) in [4.78, 5) is 17.8. The molecule has 1 amide bonds. The van der Waals surface area contributed by atoms with Crippen LogP contribution in [0.2, 0.25) is 0 Å². The van der Waals surface area contributed by atoms with Gasteiger partial charge in [-0.2, -0.15) is 0 Å². The van der Waals surface area contributed by atoms with Crippen molar-refractivity contribution in [3.05, 3.63) is 11.6 Å². The highest BCUT2D eigenvalue weighted by Gasteiger charge is 2.17. The molecule has 0 aromatic rings. The first-order valence-corrected chi connectivity index (χ1v) is 6.66. The number of carbonyl (C=O) groups excluding carboxylic acids is 1. The molecule has 0 spiro atoms. The Morgan fingerprint density at radius 2 is 2.00 bits per heavy atom. The lowest BCUT2D eigenvalue weighted by atomic mass is 10.1. The minimum atomic E-state index is 0.263. The van der Waals surface area contributed by atoms with E-state index in [2.05, 4.69) is 4.99 Å². The summed E-state index contributed by atoms with van der Waals surface area (Å²) in [6, 6.07) is 0. The van der Waals surface area contributed by atoms with Crippen LogP contribution in [0.1, 0.15) is 39.5 Å². The standard InChI is InChI=1S/C13H21ClN2O/c1-3-15-12(14)10-11(2)6-7-13(17)16-8-4-5-9-16/h10H,3-9H2,1-2H3/b11-10+,15-12+. The average Bonchev–Trinajstić information content (AvgIpc) is 2.79. The van der Waals surface area contributed by atoms with E-state index in [9.17, 15) is 4.79 Å². The van der Waals surface area contributed by atoms with Crippen LogP contribution in [-0.2, 0) is 4.79 Å². The Kier molecular flexibility index (Phi) is 6.27. The molecule has 17 heavy (non-hydrogen) atoms. The molecule has 0 aromatic heterocycles. The van der Waals surface area contributed by atoms with Gasteiger partial charge in [0.1, 0.15) is 5.17 Å². The van der Waals surface area contributed by atoms with E-state index >= 15 is 0 Å². The lowest BCUT2D eigenvalue weighted by molar-refractivity contribution is -0.130. The van der Waals surface area contributed by atoms with Gasteiger partial charge in [0.15, 0.2) is 0 Å². The van der Waals surface area contributed by atoms with Crippen LogP contribution in [0.4, 0.5) is 0 Å². The fourth-order valence-corrected chi connectivity index (χ4v) is 2.21. The molecule has 0 aliphatic carbocycles. The molecule has 1 fully saturated rings. The predicted octanol–water partition coefficient (Wildman–Crippen LogP) is 2.99. The Bertz CT molecular complexity index is 317. The molecule has 0 atom stereocenters. The summed E-state index contributed by atoms with van der Waals surface area (Å²) >= 11 is 5.90. The maximum absolute atomic E-state index is 11.8. The molecule has 3 nitrogen and oxygen atoms in total. The first kappa shape index (κ1) is 14.2. The van der Waals surface area contributed by atoms with Gasteiger partial charge in [-0.25, -0.2) is 0 Å². The monoisotopic (exact) mass is 256 g/mol. The number of amides is 1. The number of likely N-dealkylation sites (tertiary alicyclic amines) is 1. The third-order valence-electron chi connectivity index (χ3n) is 2.87. The van der Waals surface area contributed by atoms with E-state index in [1.165, 1.54) is 0 Å². The minimum absolute atomic E-state index is 0.263. The second-order valence-corrected chi connectivity index (χ2v) is 4.76. The normalized spacial score (nSPS) is 17.7. The molecular weight excluding hydrogens is 236 g/mol. The van der Waals surface area contributed by atoms with E-state index in [1.807, 2.05) is 24.8 Å². The molecule has 4 heteroatoms. The molecule has 0 radical (unpaired) electrons. The Morgan fingerprint density at radius 1 is 1.35 bits per heavy atom. The van der Waals surface area contributed by atoms with E-state index in [0.717, 1.165) is 37.9 Å². The van der Waals surface area contributed by atoms with Crippen LogP contribution in [0.3, 0.4) is 0 Å². The van der Waals surface area contributed by atoms with Gasteiger partial charge in [0, 0.05) is 26.1 Å². The first-order chi connectivity index (χ1) is 8.13. The third kappa shape index (κ3) is 5.35. The summed E-state index contributed by atoms with van der Waals surface area (Å²) in [7, 11) is 0. The number of carbonyl (C=O) groups is 1. The average molecular weight is 257 g/mol. The molecule has 1 heterocycles. The number of rotatable bonds is 5. The summed E-state index contributed by atoms with van der Waals surface area (Å²) < 4.78 is 0. The van der Waals surface area contributed by atoms with Crippen molar-refractivity contribution in [2.24, 2.45) is 4.99 Å². The molecule has 1 saturated heterocycles. The van der Waals surface area contributed by atoms with Crippen LogP contribution in [0.25, 0.3) is 0 Å². The zero-order valence-corrected chi connectivity index (χ0v) is 11.5. The van der Waals surface area contributed by atoms with Crippen LogP contribution in [0, 0.1) is 0 Å². The van der Waals surface area contributed by atoms with Crippen LogP contribution >= 0.6 is 11.6 Å². The van der Waals surface area contributed by atoms with Crippen LogP contribution < -0.4 is 0 Å². The molecule has 0 N–H and O–H groups in total. The van der Waals surface area contributed by atoms with Gasteiger partial charge in [-0.3, -0.25) is 9.79 Å². The van der Waals surface area contributed by atoms with Gasteiger partial charge >= 0.3 is 0 Å². The van der Waals surface area contributed by atoms with Crippen LogP contribution in [0.5, 0.6) is 0 Å². The number of nitrogens with zero attached hydrogens (tertiary/aromatic N) is 2. The smallest absolute Gasteiger partial charge is 0.222 e. The van der Waals surface area contributed by atoms with Crippen molar-refractivity contribution < 1.29 is 4.79 Å². The van der Waals surface area contributed by atoms with E-state index < -0.39 is 0 Å². The second kappa shape index (κ2) is 7.49. The van der Waals surface area contributed by atoms with Gasteiger partial charge in [0.25, 0.3) is 0 Å². The van der Waals surface area contributed by atoms with Gasteiger partial charge in [0.05, 0.1) is 0 Å². The summed E-state index contributed by atoms with van der Waals surface area (Å²) in [6.07, 6.45) is 5.50. The zero-order valence-electron chi connectivity index (χ0n) is 10.7. The lowest BCUT2D eigenvalue weighted by Crippen LogP contribution is -2.27. The van der Waals surface area contributed by atoms with Crippen molar-refractivity contribution >= 4 is 22.7 Å². The van der Waals surface area contributed by atoms with Gasteiger partial charge < -0.3 is 4.90 Å². The first-order valence-electron chi connectivity index (χ1n) is 6.28. The van der Waals surface area contributed by atoms with E-state index in [4.69, 9.17) is 11.6 Å². The predicted molar refractivity (Wildman–Crippen MR) is 72.6 cm³/mol. The van der Waals surface area contributed by atoms with Gasteiger partial charge in [-0.15, -0.1) is 0 Å².